The minimum absolute atomic E-state index is 0.0715. The molecule has 1 fully saturated rings. The van der Waals surface area contributed by atoms with Gasteiger partial charge in [0.15, 0.2) is 0 Å². The molecule has 5 nitrogen and oxygen atoms in total. The molecule has 0 aromatic heterocycles. The topological polar surface area (TPSA) is 61.4 Å². The maximum Gasteiger partial charge on any atom is 0.315 e. The number of carbonyl (C=O) groups is 2. The summed E-state index contributed by atoms with van der Waals surface area (Å²) in [6.07, 6.45) is 4.76. The summed E-state index contributed by atoms with van der Waals surface area (Å²) in [5, 5.41) is 5.97. The summed E-state index contributed by atoms with van der Waals surface area (Å²) >= 11 is 1.84. The lowest BCUT2D eigenvalue weighted by molar-refractivity contribution is -0.130. The van der Waals surface area contributed by atoms with Crippen LogP contribution in [0.2, 0.25) is 0 Å². The van der Waals surface area contributed by atoms with E-state index < -0.39 is 0 Å². The van der Waals surface area contributed by atoms with Gasteiger partial charge in [-0.05, 0) is 30.9 Å². The van der Waals surface area contributed by atoms with Gasteiger partial charge in [0.1, 0.15) is 0 Å². The quantitative estimate of drug-likeness (QED) is 0.880. The summed E-state index contributed by atoms with van der Waals surface area (Å²) in [6.45, 7) is 1.92. The van der Waals surface area contributed by atoms with Crippen molar-refractivity contribution in [3.05, 3.63) is 29.8 Å². The van der Waals surface area contributed by atoms with Crippen molar-refractivity contribution in [1.82, 2.24) is 15.5 Å². The van der Waals surface area contributed by atoms with Crippen LogP contribution in [-0.2, 0) is 4.79 Å². The zero-order chi connectivity index (χ0) is 16.8. The van der Waals surface area contributed by atoms with Crippen molar-refractivity contribution < 1.29 is 9.59 Å². The molecule has 2 aliphatic rings. The number of carbonyl (C=O) groups excluding carboxylic acids is 2. The summed E-state index contributed by atoms with van der Waals surface area (Å²) in [6, 6.07) is 8.17. The highest BCUT2D eigenvalue weighted by Crippen LogP contribution is 2.35. The number of fused-ring (bicyclic) bond motifs is 1. The van der Waals surface area contributed by atoms with E-state index >= 15 is 0 Å². The first kappa shape index (κ1) is 17.1. The molecule has 2 heterocycles. The highest BCUT2D eigenvalue weighted by Gasteiger charge is 2.22. The van der Waals surface area contributed by atoms with E-state index in [4.69, 9.17) is 0 Å². The minimum atomic E-state index is -0.149. The van der Waals surface area contributed by atoms with Crippen molar-refractivity contribution in [2.45, 2.75) is 43.0 Å². The monoisotopic (exact) mass is 347 g/mol. The Morgan fingerprint density at radius 1 is 1.25 bits per heavy atom. The molecular formula is C18H25N3O2S. The van der Waals surface area contributed by atoms with Crippen molar-refractivity contribution >= 4 is 23.7 Å². The molecule has 3 amide bonds. The second-order valence-electron chi connectivity index (χ2n) is 6.32. The largest absolute Gasteiger partial charge is 0.341 e. The summed E-state index contributed by atoms with van der Waals surface area (Å²) in [4.78, 5) is 27.2. The molecule has 24 heavy (non-hydrogen) atoms. The van der Waals surface area contributed by atoms with Gasteiger partial charge in [-0.3, -0.25) is 4.79 Å². The Morgan fingerprint density at radius 3 is 3.04 bits per heavy atom. The van der Waals surface area contributed by atoms with Crippen LogP contribution in [0.5, 0.6) is 0 Å². The molecule has 2 aliphatic heterocycles. The van der Waals surface area contributed by atoms with Crippen LogP contribution in [0.1, 0.15) is 43.7 Å². The predicted molar refractivity (Wildman–Crippen MR) is 96.1 cm³/mol. The molecule has 0 radical (unpaired) electrons. The number of hydrogen-bond acceptors (Lipinski definition) is 3. The molecule has 1 aromatic rings. The van der Waals surface area contributed by atoms with Gasteiger partial charge in [0.25, 0.3) is 0 Å². The number of thioether (sulfide) groups is 1. The van der Waals surface area contributed by atoms with Gasteiger partial charge < -0.3 is 15.5 Å². The Morgan fingerprint density at radius 2 is 2.12 bits per heavy atom. The molecule has 2 N–H and O–H groups in total. The highest BCUT2D eigenvalue weighted by atomic mass is 32.2. The van der Waals surface area contributed by atoms with Crippen molar-refractivity contribution in [3.8, 4) is 0 Å². The number of urea groups is 1. The molecule has 1 aromatic carbocycles. The Bertz CT molecular complexity index is 593. The first-order valence-corrected chi connectivity index (χ1v) is 9.76. The molecule has 0 saturated carbocycles. The van der Waals surface area contributed by atoms with E-state index in [0.717, 1.165) is 38.0 Å². The van der Waals surface area contributed by atoms with E-state index in [-0.39, 0.29) is 18.0 Å². The fourth-order valence-corrected chi connectivity index (χ4v) is 4.41. The first-order chi connectivity index (χ1) is 11.7. The van der Waals surface area contributed by atoms with Crippen molar-refractivity contribution in [3.63, 3.8) is 0 Å². The standard InChI is InChI=1S/C18H25N3O2S/c22-17-8-2-1-5-11-21(17)12-10-19-18(23)20-15-9-13-24-16-7-4-3-6-14(15)16/h3-4,6-7,15H,1-2,5,8-13H2,(H2,19,20,23)/t15-/m0/s1. The molecule has 1 saturated heterocycles. The van der Waals surface area contributed by atoms with Crippen molar-refractivity contribution in [2.75, 3.05) is 25.4 Å². The summed E-state index contributed by atoms with van der Waals surface area (Å²) in [5.74, 6) is 1.23. The molecule has 0 spiro atoms. The lowest BCUT2D eigenvalue weighted by atomic mass is 10.0. The summed E-state index contributed by atoms with van der Waals surface area (Å²) < 4.78 is 0. The molecule has 0 bridgehead atoms. The van der Waals surface area contributed by atoms with Gasteiger partial charge in [-0.2, -0.15) is 0 Å². The van der Waals surface area contributed by atoms with Crippen LogP contribution in [0.15, 0.2) is 29.2 Å². The Balaban J connectivity index is 1.46. The number of nitrogens with one attached hydrogen (secondary N) is 2. The molecule has 1 atom stereocenters. The Hall–Kier alpha value is -1.69. The van der Waals surface area contributed by atoms with Crippen LogP contribution in [0.25, 0.3) is 0 Å². The highest BCUT2D eigenvalue weighted by molar-refractivity contribution is 7.99. The summed E-state index contributed by atoms with van der Waals surface area (Å²) in [5.41, 5.74) is 1.20. The van der Waals surface area contributed by atoms with Gasteiger partial charge in [-0.1, -0.05) is 24.6 Å². The smallest absolute Gasteiger partial charge is 0.315 e. The zero-order valence-corrected chi connectivity index (χ0v) is 14.7. The second-order valence-corrected chi connectivity index (χ2v) is 7.46. The second kappa shape index (κ2) is 8.42. The fraction of sp³-hybridized carbons (Fsp3) is 0.556. The van der Waals surface area contributed by atoms with Gasteiger partial charge in [0.2, 0.25) is 5.91 Å². The number of amides is 3. The molecule has 3 rings (SSSR count). The van der Waals surface area contributed by atoms with Crippen LogP contribution in [0, 0.1) is 0 Å². The van der Waals surface area contributed by atoms with Gasteiger partial charge >= 0.3 is 6.03 Å². The molecule has 0 unspecified atom stereocenters. The van der Waals surface area contributed by atoms with Gasteiger partial charge in [-0.25, -0.2) is 4.79 Å². The van der Waals surface area contributed by atoms with Crippen LogP contribution >= 0.6 is 11.8 Å². The number of benzene rings is 1. The first-order valence-electron chi connectivity index (χ1n) is 8.78. The van der Waals surface area contributed by atoms with E-state index in [1.807, 2.05) is 28.8 Å². The third kappa shape index (κ3) is 4.44. The number of likely N-dealkylation sites (tertiary alicyclic amines) is 1. The van der Waals surface area contributed by atoms with Gasteiger partial charge in [0, 0.05) is 36.7 Å². The van der Waals surface area contributed by atoms with E-state index in [1.165, 1.54) is 10.5 Å². The van der Waals surface area contributed by atoms with Crippen LogP contribution in [0.3, 0.4) is 0 Å². The third-order valence-electron chi connectivity index (χ3n) is 4.60. The van der Waals surface area contributed by atoms with Crippen molar-refractivity contribution in [2.24, 2.45) is 0 Å². The minimum Gasteiger partial charge on any atom is -0.341 e. The van der Waals surface area contributed by atoms with Gasteiger partial charge in [-0.15, -0.1) is 11.8 Å². The normalized spacial score (nSPS) is 20.9. The molecule has 6 heteroatoms. The predicted octanol–water partition coefficient (Wildman–Crippen LogP) is 2.93. The van der Waals surface area contributed by atoms with E-state index in [2.05, 4.69) is 22.8 Å². The van der Waals surface area contributed by atoms with E-state index in [9.17, 15) is 9.59 Å². The average molecular weight is 347 g/mol. The average Bonchev–Trinajstić information content (AvgIpc) is 2.80. The Labute approximate surface area is 147 Å². The molecule has 130 valence electrons. The lowest BCUT2D eigenvalue weighted by Crippen LogP contribution is -2.43. The number of nitrogens with zero attached hydrogens (tertiary/aromatic N) is 1. The zero-order valence-electron chi connectivity index (χ0n) is 13.9. The number of hydrogen-bond donors (Lipinski definition) is 2. The van der Waals surface area contributed by atoms with Crippen LogP contribution in [0.4, 0.5) is 4.79 Å². The molecule has 0 aliphatic carbocycles. The number of rotatable bonds is 4. The van der Waals surface area contributed by atoms with Gasteiger partial charge in [0.05, 0.1) is 6.04 Å². The lowest BCUT2D eigenvalue weighted by Gasteiger charge is -2.26. The molecular weight excluding hydrogens is 322 g/mol. The maximum absolute atomic E-state index is 12.2. The van der Waals surface area contributed by atoms with E-state index in [1.54, 1.807) is 0 Å². The van der Waals surface area contributed by atoms with Crippen LogP contribution in [-0.4, -0.2) is 42.2 Å². The van der Waals surface area contributed by atoms with Crippen LogP contribution < -0.4 is 10.6 Å². The Kier molecular flexibility index (Phi) is 6.01. The fourth-order valence-electron chi connectivity index (χ4n) is 3.28. The third-order valence-corrected chi connectivity index (χ3v) is 5.73. The summed E-state index contributed by atoms with van der Waals surface area (Å²) in [7, 11) is 0. The maximum atomic E-state index is 12.2. The van der Waals surface area contributed by atoms with E-state index in [0.29, 0.717) is 19.5 Å². The SMILES string of the molecule is O=C(NCCN1CCCCCC1=O)N[C@H]1CCSc2ccccc21. The van der Waals surface area contributed by atoms with Crippen molar-refractivity contribution in [1.29, 1.82) is 0 Å².